The van der Waals surface area contributed by atoms with Crippen LogP contribution in [0.15, 0.2) is 0 Å². The summed E-state index contributed by atoms with van der Waals surface area (Å²) in [4.78, 5) is 30.0. The number of amides is 3. The van der Waals surface area contributed by atoms with Gasteiger partial charge in [-0.25, -0.2) is 4.79 Å². The number of hydrogen-bond acceptors (Lipinski definition) is 4. The molecule has 160 valence electrons. The molecule has 1 atom stereocenters. The van der Waals surface area contributed by atoms with E-state index >= 15 is 0 Å². The number of nitrogens with one attached hydrogen (secondary N) is 1. The molecule has 0 aromatic rings. The van der Waals surface area contributed by atoms with Crippen LogP contribution in [0.4, 0.5) is 4.79 Å². The first-order valence-corrected chi connectivity index (χ1v) is 11.1. The maximum Gasteiger partial charge on any atom is 0.325 e. The second-order valence-corrected chi connectivity index (χ2v) is 10.3. The van der Waals surface area contributed by atoms with Crippen LogP contribution >= 0.6 is 0 Å². The molecule has 0 aromatic heterocycles. The zero-order valence-electron chi connectivity index (χ0n) is 18.5. The second-order valence-electron chi connectivity index (χ2n) is 10.3. The molecule has 3 saturated heterocycles. The molecule has 28 heavy (non-hydrogen) atoms. The Bertz CT molecular complexity index is 580. The number of unbranched alkanes of at least 4 members (excludes halogenated alkanes) is 5. The Balaban J connectivity index is 1.65. The summed E-state index contributed by atoms with van der Waals surface area (Å²) in [6, 6.07) is -0.205. The number of carbonyl (C=O) groups is 2. The molecule has 3 aliphatic rings. The minimum atomic E-state index is -0.771. The molecule has 0 aliphatic carbocycles. The standard InChI is InChI=1S/C22H39N3O3/c1-6-7-8-9-10-11-12-24-18(26)22(23-19(24)27)15-20(2,3)25(13-17-14-28-17)21(4,5)16-22/h17H,6-16H2,1-5H3,(H,23,27). The number of nitrogens with zero attached hydrogens (tertiary/aromatic N) is 2. The molecule has 0 aromatic carbocycles. The van der Waals surface area contributed by atoms with Crippen molar-refractivity contribution < 1.29 is 14.3 Å². The van der Waals surface area contributed by atoms with Crippen LogP contribution in [0.5, 0.6) is 0 Å². The molecule has 3 amide bonds. The minimum Gasteiger partial charge on any atom is -0.372 e. The van der Waals surface area contributed by atoms with Crippen LogP contribution in [-0.4, -0.2) is 64.2 Å². The van der Waals surface area contributed by atoms with Gasteiger partial charge < -0.3 is 10.1 Å². The summed E-state index contributed by atoms with van der Waals surface area (Å²) in [5, 5.41) is 3.11. The van der Waals surface area contributed by atoms with Gasteiger partial charge in [-0.1, -0.05) is 39.0 Å². The number of ether oxygens (including phenoxy) is 1. The molecule has 3 fully saturated rings. The van der Waals surface area contributed by atoms with Crippen molar-refractivity contribution in [3.05, 3.63) is 0 Å². The fourth-order valence-electron chi connectivity index (χ4n) is 5.59. The first kappa shape index (κ1) is 21.6. The summed E-state index contributed by atoms with van der Waals surface area (Å²) < 4.78 is 5.46. The molecule has 3 aliphatic heterocycles. The second kappa shape index (κ2) is 7.94. The van der Waals surface area contributed by atoms with Gasteiger partial charge in [0.2, 0.25) is 0 Å². The number of likely N-dealkylation sites (tertiary alicyclic amines) is 1. The number of epoxide rings is 1. The highest BCUT2D eigenvalue weighted by atomic mass is 16.6. The van der Waals surface area contributed by atoms with Crippen molar-refractivity contribution in [1.82, 2.24) is 15.1 Å². The first-order valence-electron chi connectivity index (χ1n) is 11.1. The zero-order chi connectivity index (χ0) is 20.6. The van der Waals surface area contributed by atoms with Crippen LogP contribution in [0, 0.1) is 0 Å². The number of carbonyl (C=O) groups excluding carboxylic acids is 2. The molecular weight excluding hydrogens is 354 g/mol. The topological polar surface area (TPSA) is 65.2 Å². The molecule has 6 nitrogen and oxygen atoms in total. The van der Waals surface area contributed by atoms with Crippen molar-refractivity contribution in [2.45, 2.75) is 109 Å². The fourth-order valence-corrected chi connectivity index (χ4v) is 5.59. The monoisotopic (exact) mass is 393 g/mol. The van der Waals surface area contributed by atoms with Crippen LogP contribution in [0.3, 0.4) is 0 Å². The van der Waals surface area contributed by atoms with Crippen LogP contribution in [-0.2, 0) is 9.53 Å². The van der Waals surface area contributed by atoms with E-state index in [0.29, 0.717) is 25.5 Å². The largest absolute Gasteiger partial charge is 0.372 e. The summed E-state index contributed by atoms with van der Waals surface area (Å²) in [6.07, 6.45) is 8.49. The summed E-state index contributed by atoms with van der Waals surface area (Å²) in [6.45, 7) is 13.2. The van der Waals surface area contributed by atoms with E-state index < -0.39 is 5.54 Å². The van der Waals surface area contributed by atoms with Gasteiger partial charge in [0.15, 0.2) is 0 Å². The highest BCUT2D eigenvalue weighted by Gasteiger charge is 2.61. The van der Waals surface area contributed by atoms with Gasteiger partial charge in [0, 0.05) is 24.2 Å². The number of rotatable bonds is 9. The van der Waals surface area contributed by atoms with Crippen molar-refractivity contribution in [2.24, 2.45) is 0 Å². The maximum atomic E-state index is 13.4. The Morgan fingerprint density at radius 3 is 2.14 bits per heavy atom. The number of imide groups is 1. The summed E-state index contributed by atoms with van der Waals surface area (Å²) in [5.74, 6) is -0.0190. The molecule has 6 heteroatoms. The summed E-state index contributed by atoms with van der Waals surface area (Å²) >= 11 is 0. The molecule has 1 N–H and O–H groups in total. The van der Waals surface area contributed by atoms with Crippen molar-refractivity contribution in [3.8, 4) is 0 Å². The number of hydrogen-bond donors (Lipinski definition) is 1. The molecule has 1 unspecified atom stereocenters. The highest BCUT2D eigenvalue weighted by molar-refractivity contribution is 6.07. The summed E-state index contributed by atoms with van der Waals surface area (Å²) in [7, 11) is 0. The lowest BCUT2D eigenvalue weighted by Gasteiger charge is -2.57. The highest BCUT2D eigenvalue weighted by Crippen LogP contribution is 2.46. The van der Waals surface area contributed by atoms with Crippen molar-refractivity contribution in [1.29, 1.82) is 0 Å². The Morgan fingerprint density at radius 2 is 1.57 bits per heavy atom. The van der Waals surface area contributed by atoms with E-state index in [1.165, 1.54) is 30.6 Å². The molecule has 0 bridgehead atoms. The SMILES string of the molecule is CCCCCCCCN1C(=O)NC2(CC(C)(C)N(CC3CO3)C(C)(C)C2)C1=O. The maximum absolute atomic E-state index is 13.4. The van der Waals surface area contributed by atoms with Crippen LogP contribution in [0.1, 0.15) is 86.0 Å². The van der Waals surface area contributed by atoms with Gasteiger partial charge in [-0.3, -0.25) is 14.6 Å². The lowest BCUT2D eigenvalue weighted by Crippen LogP contribution is -2.70. The van der Waals surface area contributed by atoms with Crippen LogP contribution in [0.2, 0.25) is 0 Å². The van der Waals surface area contributed by atoms with E-state index in [0.717, 1.165) is 26.0 Å². The van der Waals surface area contributed by atoms with E-state index in [9.17, 15) is 9.59 Å². The molecule has 3 rings (SSSR count). The number of piperidine rings is 1. The first-order chi connectivity index (χ1) is 13.1. The predicted molar refractivity (Wildman–Crippen MR) is 110 cm³/mol. The predicted octanol–water partition coefficient (Wildman–Crippen LogP) is 3.69. The van der Waals surface area contributed by atoms with E-state index in [4.69, 9.17) is 4.74 Å². The van der Waals surface area contributed by atoms with Gasteiger partial charge in [0.25, 0.3) is 5.91 Å². The third kappa shape index (κ3) is 4.38. The quantitative estimate of drug-likeness (QED) is 0.369. The lowest BCUT2D eigenvalue weighted by molar-refractivity contribution is -0.141. The normalized spacial score (nSPS) is 28.0. The van der Waals surface area contributed by atoms with Gasteiger partial charge in [-0.15, -0.1) is 0 Å². The van der Waals surface area contributed by atoms with Gasteiger partial charge in [0.1, 0.15) is 5.54 Å². The van der Waals surface area contributed by atoms with E-state index in [-0.39, 0.29) is 23.0 Å². The lowest BCUT2D eigenvalue weighted by atomic mass is 9.68. The smallest absolute Gasteiger partial charge is 0.325 e. The number of urea groups is 1. The Labute approximate surface area is 170 Å². The van der Waals surface area contributed by atoms with E-state index in [1.54, 1.807) is 0 Å². The molecule has 1 spiro atoms. The van der Waals surface area contributed by atoms with Crippen LogP contribution < -0.4 is 5.32 Å². The fraction of sp³-hybridized carbons (Fsp3) is 0.909. The molecule has 3 heterocycles. The Morgan fingerprint density at radius 1 is 1.00 bits per heavy atom. The molecular formula is C22H39N3O3. The van der Waals surface area contributed by atoms with Crippen molar-refractivity contribution in [3.63, 3.8) is 0 Å². The molecule has 0 saturated carbocycles. The van der Waals surface area contributed by atoms with Gasteiger partial charge >= 0.3 is 6.03 Å². The third-order valence-corrected chi connectivity index (χ3v) is 6.70. The Hall–Kier alpha value is -1.14. The van der Waals surface area contributed by atoms with Crippen molar-refractivity contribution >= 4 is 11.9 Å². The summed E-state index contributed by atoms with van der Waals surface area (Å²) in [5.41, 5.74) is -1.15. The minimum absolute atomic E-state index is 0.0190. The van der Waals surface area contributed by atoms with Gasteiger partial charge in [-0.05, 0) is 47.0 Å². The average molecular weight is 394 g/mol. The van der Waals surface area contributed by atoms with Crippen LogP contribution in [0.25, 0.3) is 0 Å². The van der Waals surface area contributed by atoms with E-state index in [1.807, 2.05) is 0 Å². The average Bonchev–Trinajstić information content (AvgIpc) is 3.37. The van der Waals surface area contributed by atoms with Gasteiger partial charge in [0.05, 0.1) is 12.7 Å². The third-order valence-electron chi connectivity index (χ3n) is 6.70. The van der Waals surface area contributed by atoms with E-state index in [2.05, 4.69) is 44.8 Å². The van der Waals surface area contributed by atoms with Crippen molar-refractivity contribution in [2.75, 3.05) is 19.7 Å². The zero-order valence-corrected chi connectivity index (χ0v) is 18.5. The Kier molecular flexibility index (Phi) is 6.12. The van der Waals surface area contributed by atoms with Gasteiger partial charge in [-0.2, -0.15) is 0 Å². The molecule has 0 radical (unpaired) electrons.